The quantitative estimate of drug-likeness (QED) is 0.311. The van der Waals surface area contributed by atoms with Gasteiger partial charge in [-0.2, -0.15) is 11.8 Å². The predicted octanol–water partition coefficient (Wildman–Crippen LogP) is 6.22. The highest BCUT2D eigenvalue weighted by Crippen LogP contribution is 2.47. The molecule has 1 aliphatic carbocycles. The zero-order valence-electron chi connectivity index (χ0n) is 20.3. The van der Waals surface area contributed by atoms with Crippen molar-refractivity contribution in [2.24, 2.45) is 10.9 Å². The van der Waals surface area contributed by atoms with Gasteiger partial charge < -0.3 is 9.47 Å². The first kappa shape index (κ1) is 25.5. The summed E-state index contributed by atoms with van der Waals surface area (Å²) in [6.07, 6.45) is 1.01. The second-order valence-corrected chi connectivity index (χ2v) is 10.6. The van der Waals surface area contributed by atoms with Gasteiger partial charge in [0, 0.05) is 40.1 Å². The number of thioether (sulfide) groups is 1. The van der Waals surface area contributed by atoms with Crippen molar-refractivity contribution in [3.05, 3.63) is 76.0 Å². The molecule has 1 unspecified atom stereocenters. The van der Waals surface area contributed by atoms with Crippen molar-refractivity contribution in [1.29, 1.82) is 0 Å². The second kappa shape index (κ2) is 11.4. The van der Waals surface area contributed by atoms with E-state index in [-0.39, 0.29) is 17.7 Å². The van der Waals surface area contributed by atoms with E-state index in [1.54, 1.807) is 18.9 Å². The average molecular weight is 512 g/mol. The molecule has 0 radical (unpaired) electrons. The highest BCUT2D eigenvalue weighted by molar-refractivity contribution is 7.99. The number of Topliss-reactive ketones (excluding diaryl/α,β-unsaturated/α-hetero) is 1. The van der Waals surface area contributed by atoms with Gasteiger partial charge in [0.05, 0.1) is 7.11 Å². The minimum Gasteiger partial charge on any atom is -0.497 e. The number of allylic oxidation sites excluding steroid dienone is 2. The number of carbonyl (C=O) groups is 2. The molecule has 5 nitrogen and oxygen atoms in total. The lowest BCUT2D eigenvalue weighted by Crippen LogP contribution is -2.38. The Balaban J connectivity index is 1.70. The molecule has 7 heteroatoms. The number of esters is 1. The summed E-state index contributed by atoms with van der Waals surface area (Å²) < 4.78 is 11.0. The van der Waals surface area contributed by atoms with Crippen molar-refractivity contribution in [3.8, 4) is 5.75 Å². The summed E-state index contributed by atoms with van der Waals surface area (Å²) in [4.78, 5) is 31.7. The van der Waals surface area contributed by atoms with Gasteiger partial charge in [-0.05, 0) is 60.4 Å². The third-order valence-corrected chi connectivity index (χ3v) is 7.75. The van der Waals surface area contributed by atoms with E-state index in [1.807, 2.05) is 55.5 Å². The largest absolute Gasteiger partial charge is 0.497 e. The minimum absolute atomic E-state index is 0.0288. The molecule has 0 amide bonds. The number of benzene rings is 2. The molecule has 4 rings (SSSR count). The zero-order valence-corrected chi connectivity index (χ0v) is 21.8. The standard InChI is InChI=1S/C28H30ClNO4S/c1-4-35-14-13-34-28(32)25-17(2)30-23-15-20(18-5-9-21(29)10-6-18)16-24(31)27(23)26(25)19-7-11-22(33-3)12-8-19/h5-12,20,25-26H,4,13-16H2,1-3H3/t20-,25?,26-/m1/s1. The van der Waals surface area contributed by atoms with E-state index < -0.39 is 11.8 Å². The van der Waals surface area contributed by atoms with Gasteiger partial charge in [0.25, 0.3) is 0 Å². The summed E-state index contributed by atoms with van der Waals surface area (Å²) >= 11 is 7.79. The third kappa shape index (κ3) is 5.65. The predicted molar refractivity (Wildman–Crippen MR) is 142 cm³/mol. The number of aliphatic imine (C=N–C) groups is 1. The monoisotopic (exact) mass is 511 g/mol. The molecule has 0 saturated heterocycles. The molecular formula is C28H30ClNO4S. The molecule has 0 saturated carbocycles. The van der Waals surface area contributed by atoms with Crippen LogP contribution < -0.4 is 4.74 Å². The van der Waals surface area contributed by atoms with Crippen LogP contribution in [0.1, 0.15) is 49.7 Å². The second-order valence-electron chi connectivity index (χ2n) is 8.79. The molecule has 1 heterocycles. The summed E-state index contributed by atoms with van der Waals surface area (Å²) in [6.45, 7) is 4.28. The smallest absolute Gasteiger partial charge is 0.315 e. The third-order valence-electron chi connectivity index (χ3n) is 6.63. The number of hydrogen-bond acceptors (Lipinski definition) is 6. The van der Waals surface area contributed by atoms with Crippen molar-refractivity contribution in [3.63, 3.8) is 0 Å². The fourth-order valence-electron chi connectivity index (χ4n) is 4.94. The average Bonchev–Trinajstić information content (AvgIpc) is 2.86. The summed E-state index contributed by atoms with van der Waals surface area (Å²) in [5.74, 6) is 1.09. The maximum atomic E-state index is 13.6. The van der Waals surface area contributed by atoms with Crippen LogP contribution >= 0.6 is 23.4 Å². The van der Waals surface area contributed by atoms with Crippen molar-refractivity contribution in [1.82, 2.24) is 0 Å². The van der Waals surface area contributed by atoms with Crippen LogP contribution in [-0.2, 0) is 14.3 Å². The van der Waals surface area contributed by atoms with E-state index in [1.165, 1.54) is 0 Å². The summed E-state index contributed by atoms with van der Waals surface area (Å²) in [7, 11) is 1.61. The molecule has 0 aromatic heterocycles. The Hall–Kier alpha value is -2.57. The molecule has 184 valence electrons. The van der Waals surface area contributed by atoms with E-state index in [0.717, 1.165) is 34.1 Å². The molecule has 2 aromatic rings. The van der Waals surface area contributed by atoms with Crippen LogP contribution in [0.15, 0.2) is 64.8 Å². The Morgan fingerprint density at radius 2 is 1.77 bits per heavy atom. The molecule has 0 spiro atoms. The number of ether oxygens (including phenoxy) is 2. The fraction of sp³-hybridized carbons (Fsp3) is 0.393. The Bertz CT molecular complexity index is 1140. The highest BCUT2D eigenvalue weighted by atomic mass is 35.5. The van der Waals surface area contributed by atoms with E-state index in [2.05, 4.69) is 6.92 Å². The van der Waals surface area contributed by atoms with Gasteiger partial charge in [0.1, 0.15) is 18.3 Å². The first-order valence-corrected chi connectivity index (χ1v) is 13.4. The van der Waals surface area contributed by atoms with Crippen molar-refractivity contribution < 1.29 is 19.1 Å². The molecule has 1 aliphatic heterocycles. The van der Waals surface area contributed by atoms with Crippen LogP contribution in [-0.4, -0.2) is 42.7 Å². The van der Waals surface area contributed by atoms with Crippen LogP contribution in [0.5, 0.6) is 5.75 Å². The zero-order chi connectivity index (χ0) is 24.9. The number of ketones is 1. The highest BCUT2D eigenvalue weighted by Gasteiger charge is 2.44. The van der Waals surface area contributed by atoms with Gasteiger partial charge >= 0.3 is 5.97 Å². The molecular weight excluding hydrogens is 482 g/mol. The molecule has 0 N–H and O–H groups in total. The lowest BCUT2D eigenvalue weighted by Gasteiger charge is -2.36. The van der Waals surface area contributed by atoms with Crippen molar-refractivity contribution in [2.45, 2.75) is 38.5 Å². The molecule has 0 bridgehead atoms. The first-order valence-electron chi connectivity index (χ1n) is 11.9. The number of nitrogens with zero attached hydrogens (tertiary/aromatic N) is 1. The Morgan fingerprint density at radius 1 is 1.09 bits per heavy atom. The van der Waals surface area contributed by atoms with E-state index in [0.29, 0.717) is 35.8 Å². The Morgan fingerprint density at radius 3 is 2.43 bits per heavy atom. The van der Waals surface area contributed by atoms with Crippen LogP contribution in [0.4, 0.5) is 0 Å². The fourth-order valence-corrected chi connectivity index (χ4v) is 5.56. The maximum absolute atomic E-state index is 13.6. The lowest BCUT2D eigenvalue weighted by molar-refractivity contribution is -0.145. The summed E-state index contributed by atoms with van der Waals surface area (Å²) in [5.41, 5.74) is 4.04. The maximum Gasteiger partial charge on any atom is 0.315 e. The summed E-state index contributed by atoms with van der Waals surface area (Å²) in [6, 6.07) is 15.2. The molecule has 35 heavy (non-hydrogen) atoms. The molecule has 2 aromatic carbocycles. The first-order chi connectivity index (χ1) is 16.9. The summed E-state index contributed by atoms with van der Waals surface area (Å²) in [5, 5.41) is 0.667. The SMILES string of the molecule is CCSCCOC(=O)C1C(C)=NC2=C(C(=O)C[C@H](c3ccc(Cl)cc3)C2)[C@@H]1c1ccc(OC)cc1. The van der Waals surface area contributed by atoms with E-state index in [9.17, 15) is 9.59 Å². The van der Waals surface area contributed by atoms with Gasteiger partial charge in [0.15, 0.2) is 5.78 Å². The van der Waals surface area contributed by atoms with Gasteiger partial charge in [-0.3, -0.25) is 14.6 Å². The molecule has 2 aliphatic rings. The Labute approximate surface area is 215 Å². The Kier molecular flexibility index (Phi) is 8.34. The molecule has 3 atom stereocenters. The van der Waals surface area contributed by atoms with E-state index >= 15 is 0 Å². The number of halogens is 1. The van der Waals surface area contributed by atoms with Crippen LogP contribution in [0.2, 0.25) is 5.02 Å². The van der Waals surface area contributed by atoms with Gasteiger partial charge in [0.2, 0.25) is 0 Å². The molecule has 0 fully saturated rings. The lowest BCUT2D eigenvalue weighted by atomic mass is 9.69. The minimum atomic E-state index is -0.634. The van der Waals surface area contributed by atoms with Crippen LogP contribution in [0.3, 0.4) is 0 Å². The van der Waals surface area contributed by atoms with Gasteiger partial charge in [-0.25, -0.2) is 0 Å². The number of methoxy groups -OCH3 is 1. The van der Waals surface area contributed by atoms with Crippen molar-refractivity contribution >= 4 is 40.8 Å². The van der Waals surface area contributed by atoms with Crippen molar-refractivity contribution in [2.75, 3.05) is 25.2 Å². The number of carbonyl (C=O) groups excluding carboxylic acids is 2. The van der Waals surface area contributed by atoms with Gasteiger partial charge in [-0.15, -0.1) is 0 Å². The number of rotatable bonds is 8. The van der Waals surface area contributed by atoms with E-state index in [4.69, 9.17) is 26.1 Å². The topological polar surface area (TPSA) is 65.0 Å². The van der Waals surface area contributed by atoms with Crippen LogP contribution in [0.25, 0.3) is 0 Å². The van der Waals surface area contributed by atoms with Gasteiger partial charge in [-0.1, -0.05) is 42.8 Å². The van der Waals surface area contributed by atoms with Crippen LogP contribution in [0, 0.1) is 5.92 Å². The number of hydrogen-bond donors (Lipinski definition) is 0. The normalized spacial score (nSPS) is 21.9.